The highest BCUT2D eigenvalue weighted by Gasteiger charge is 2.15. The number of carbonyl (C=O) groups excluding carboxylic acids is 1. The Morgan fingerprint density at radius 3 is 2.75 bits per heavy atom. The molecule has 0 aliphatic rings. The summed E-state index contributed by atoms with van der Waals surface area (Å²) in [4.78, 5) is 21.2. The summed E-state index contributed by atoms with van der Waals surface area (Å²) in [7, 11) is 1.54. The quantitative estimate of drug-likeness (QED) is 0.601. The van der Waals surface area contributed by atoms with Crippen LogP contribution >= 0.6 is 15.9 Å². The number of carbonyl (C=O) groups is 1. The van der Waals surface area contributed by atoms with Gasteiger partial charge in [0.25, 0.3) is 5.91 Å². The SMILES string of the molecule is CCOc1c(Br)cc(C(=O)NCc2ccnc(-n3ccnc3C)c2)cc1OC. The number of aryl methyl sites for hydroxylation is 1. The van der Waals surface area contributed by atoms with Crippen LogP contribution in [0.2, 0.25) is 0 Å². The third-order valence-electron chi connectivity index (χ3n) is 4.12. The van der Waals surface area contributed by atoms with Crippen molar-refractivity contribution in [2.24, 2.45) is 0 Å². The third-order valence-corrected chi connectivity index (χ3v) is 4.70. The lowest BCUT2D eigenvalue weighted by Gasteiger charge is -2.13. The predicted octanol–water partition coefficient (Wildman–Crippen LogP) is 3.68. The summed E-state index contributed by atoms with van der Waals surface area (Å²) in [6.07, 6.45) is 5.29. The predicted molar refractivity (Wildman–Crippen MR) is 109 cm³/mol. The molecule has 0 aliphatic heterocycles. The fourth-order valence-corrected chi connectivity index (χ4v) is 3.30. The van der Waals surface area contributed by atoms with Crippen LogP contribution in [0.15, 0.2) is 47.3 Å². The maximum Gasteiger partial charge on any atom is 0.251 e. The minimum atomic E-state index is -0.209. The number of rotatable bonds is 7. The Morgan fingerprint density at radius 2 is 2.07 bits per heavy atom. The van der Waals surface area contributed by atoms with E-state index in [1.165, 1.54) is 0 Å². The number of hydrogen-bond acceptors (Lipinski definition) is 5. The van der Waals surface area contributed by atoms with Crippen molar-refractivity contribution >= 4 is 21.8 Å². The van der Waals surface area contributed by atoms with Crippen molar-refractivity contribution in [2.45, 2.75) is 20.4 Å². The monoisotopic (exact) mass is 444 g/mol. The van der Waals surface area contributed by atoms with Crippen molar-refractivity contribution < 1.29 is 14.3 Å². The molecule has 146 valence electrons. The molecule has 0 fully saturated rings. The van der Waals surface area contributed by atoms with Gasteiger partial charge >= 0.3 is 0 Å². The van der Waals surface area contributed by atoms with Gasteiger partial charge in [0.2, 0.25) is 0 Å². The molecule has 3 aromatic rings. The average Bonchev–Trinajstić information content (AvgIpc) is 3.13. The van der Waals surface area contributed by atoms with E-state index in [0.29, 0.717) is 34.7 Å². The minimum absolute atomic E-state index is 0.209. The van der Waals surface area contributed by atoms with E-state index < -0.39 is 0 Å². The Kier molecular flexibility index (Phi) is 6.30. The number of nitrogens with one attached hydrogen (secondary N) is 1. The summed E-state index contributed by atoms with van der Waals surface area (Å²) < 4.78 is 13.5. The molecule has 3 rings (SSSR count). The smallest absolute Gasteiger partial charge is 0.251 e. The molecule has 1 aromatic carbocycles. The molecule has 8 heteroatoms. The second kappa shape index (κ2) is 8.88. The highest BCUT2D eigenvalue weighted by molar-refractivity contribution is 9.10. The minimum Gasteiger partial charge on any atom is -0.493 e. The van der Waals surface area contributed by atoms with E-state index in [1.807, 2.05) is 36.7 Å². The molecular weight excluding hydrogens is 424 g/mol. The van der Waals surface area contributed by atoms with Gasteiger partial charge in [-0.3, -0.25) is 9.36 Å². The molecule has 0 saturated heterocycles. The molecule has 0 aliphatic carbocycles. The molecule has 0 radical (unpaired) electrons. The summed E-state index contributed by atoms with van der Waals surface area (Å²) in [5.41, 5.74) is 1.41. The molecular formula is C20H21BrN4O3. The molecule has 0 atom stereocenters. The lowest BCUT2D eigenvalue weighted by molar-refractivity contribution is 0.0950. The highest BCUT2D eigenvalue weighted by atomic mass is 79.9. The zero-order chi connectivity index (χ0) is 20.1. The van der Waals surface area contributed by atoms with Crippen molar-refractivity contribution in [2.75, 3.05) is 13.7 Å². The molecule has 7 nitrogen and oxygen atoms in total. The second-order valence-corrected chi connectivity index (χ2v) is 6.83. The zero-order valence-electron chi connectivity index (χ0n) is 15.9. The van der Waals surface area contributed by atoms with Crippen molar-refractivity contribution in [1.29, 1.82) is 0 Å². The first-order valence-electron chi connectivity index (χ1n) is 8.77. The van der Waals surface area contributed by atoms with Gasteiger partial charge in [0.05, 0.1) is 18.2 Å². The molecule has 1 amide bonds. The Bertz CT molecular complexity index is 987. The molecule has 1 N–H and O–H groups in total. The van der Waals surface area contributed by atoms with Crippen LogP contribution in [0.5, 0.6) is 11.5 Å². The molecule has 0 bridgehead atoms. The third kappa shape index (κ3) is 4.33. The maximum atomic E-state index is 12.6. The van der Waals surface area contributed by atoms with Crippen molar-refractivity contribution in [3.05, 3.63) is 64.3 Å². The number of ether oxygens (including phenoxy) is 2. The van der Waals surface area contributed by atoms with Crippen LogP contribution in [0.25, 0.3) is 5.82 Å². The topological polar surface area (TPSA) is 78.3 Å². The molecule has 2 aromatic heterocycles. The lowest BCUT2D eigenvalue weighted by atomic mass is 10.1. The standard InChI is InChI=1S/C20H21BrN4O3/c1-4-28-19-16(21)10-15(11-17(19)27-3)20(26)24-12-14-5-6-23-18(9-14)25-8-7-22-13(25)2/h5-11H,4,12H2,1-3H3,(H,24,26). The highest BCUT2D eigenvalue weighted by Crippen LogP contribution is 2.36. The van der Waals surface area contributed by atoms with Crippen molar-refractivity contribution in [3.63, 3.8) is 0 Å². The van der Waals surface area contributed by atoms with Crippen LogP contribution in [0.1, 0.15) is 28.7 Å². The molecule has 0 saturated carbocycles. The normalized spacial score (nSPS) is 10.6. The second-order valence-electron chi connectivity index (χ2n) is 5.97. The van der Waals surface area contributed by atoms with Gasteiger partial charge in [0.15, 0.2) is 11.5 Å². The van der Waals surface area contributed by atoms with Gasteiger partial charge in [-0.25, -0.2) is 9.97 Å². The largest absolute Gasteiger partial charge is 0.493 e. The maximum absolute atomic E-state index is 12.6. The fraction of sp³-hybridized carbons (Fsp3) is 0.250. The van der Waals surface area contributed by atoms with E-state index >= 15 is 0 Å². The first-order valence-corrected chi connectivity index (χ1v) is 9.56. The molecule has 2 heterocycles. The van der Waals surface area contributed by atoms with E-state index in [-0.39, 0.29) is 5.91 Å². The van der Waals surface area contributed by atoms with Gasteiger partial charge in [-0.2, -0.15) is 0 Å². The Morgan fingerprint density at radius 1 is 1.25 bits per heavy atom. The van der Waals surface area contributed by atoms with E-state index in [2.05, 4.69) is 31.2 Å². The summed E-state index contributed by atoms with van der Waals surface area (Å²) in [6, 6.07) is 7.17. The average molecular weight is 445 g/mol. The number of benzene rings is 1. The van der Waals surface area contributed by atoms with Crippen LogP contribution in [0, 0.1) is 6.92 Å². The number of amides is 1. The number of aromatic nitrogens is 3. The van der Waals surface area contributed by atoms with Crippen molar-refractivity contribution in [3.8, 4) is 17.3 Å². The van der Waals surface area contributed by atoms with Crippen molar-refractivity contribution in [1.82, 2.24) is 19.9 Å². The summed E-state index contributed by atoms with van der Waals surface area (Å²) in [5, 5.41) is 2.92. The van der Waals surface area contributed by atoms with Gasteiger partial charge in [-0.1, -0.05) is 0 Å². The number of methoxy groups -OCH3 is 1. The fourth-order valence-electron chi connectivity index (χ4n) is 2.74. The van der Waals surface area contributed by atoms with E-state index in [0.717, 1.165) is 17.2 Å². The summed E-state index contributed by atoms with van der Waals surface area (Å²) in [6.45, 7) is 4.67. The van der Waals surface area contributed by atoms with Crippen LogP contribution < -0.4 is 14.8 Å². The first-order chi connectivity index (χ1) is 13.5. The van der Waals surface area contributed by atoms with Gasteiger partial charge < -0.3 is 14.8 Å². The first kappa shape index (κ1) is 19.9. The van der Waals surface area contributed by atoms with E-state index in [4.69, 9.17) is 9.47 Å². The number of hydrogen-bond donors (Lipinski definition) is 1. The van der Waals surface area contributed by atoms with Crippen LogP contribution in [-0.4, -0.2) is 34.2 Å². The Labute approximate surface area is 171 Å². The molecule has 28 heavy (non-hydrogen) atoms. The summed E-state index contributed by atoms with van der Waals surface area (Å²) >= 11 is 3.44. The Balaban J connectivity index is 1.74. The molecule has 0 spiro atoms. The number of halogens is 1. The number of nitrogens with zero attached hydrogens (tertiary/aromatic N) is 3. The number of imidazole rings is 1. The summed E-state index contributed by atoms with van der Waals surface area (Å²) in [5.74, 6) is 2.48. The zero-order valence-corrected chi connectivity index (χ0v) is 17.5. The van der Waals surface area contributed by atoms with Crippen LogP contribution in [0.3, 0.4) is 0 Å². The lowest BCUT2D eigenvalue weighted by Crippen LogP contribution is -2.23. The molecule has 0 unspecified atom stereocenters. The number of pyridine rings is 1. The van der Waals surface area contributed by atoms with Gasteiger partial charge in [-0.05, 0) is 59.6 Å². The van der Waals surface area contributed by atoms with E-state index in [9.17, 15) is 4.79 Å². The van der Waals surface area contributed by atoms with Gasteiger partial charge in [0.1, 0.15) is 11.6 Å². The van der Waals surface area contributed by atoms with Gasteiger partial charge in [0, 0.05) is 30.7 Å². The Hall–Kier alpha value is -2.87. The van der Waals surface area contributed by atoms with Crippen LogP contribution in [-0.2, 0) is 6.54 Å². The van der Waals surface area contributed by atoms with Gasteiger partial charge in [-0.15, -0.1) is 0 Å². The van der Waals surface area contributed by atoms with E-state index in [1.54, 1.807) is 31.6 Å². The van der Waals surface area contributed by atoms with Crippen LogP contribution in [0.4, 0.5) is 0 Å².